The molecule has 0 amide bonds. The van der Waals surface area contributed by atoms with Crippen LogP contribution in [0.3, 0.4) is 0 Å². The van der Waals surface area contributed by atoms with Crippen LogP contribution in [0.4, 0.5) is 0 Å². The third kappa shape index (κ3) is 2.19. The molecule has 0 radical (unpaired) electrons. The Labute approximate surface area is 87.6 Å². The number of carbonyl (C=O) groups is 1. The first-order chi connectivity index (χ1) is 6.98. The van der Waals surface area contributed by atoms with Gasteiger partial charge in [0, 0.05) is 6.08 Å². The molecule has 2 aliphatic heterocycles. The second-order valence-corrected chi connectivity index (χ2v) is 4.12. The van der Waals surface area contributed by atoms with Crippen LogP contribution in [-0.2, 0) is 19.0 Å². The Kier molecular flexibility index (Phi) is 2.54. The van der Waals surface area contributed by atoms with Gasteiger partial charge in [-0.1, -0.05) is 0 Å². The summed E-state index contributed by atoms with van der Waals surface area (Å²) >= 11 is 0. The van der Waals surface area contributed by atoms with Crippen molar-refractivity contribution in [1.82, 2.24) is 0 Å². The molecule has 5 heteroatoms. The van der Waals surface area contributed by atoms with Crippen molar-refractivity contribution in [1.29, 1.82) is 0 Å². The molecular formula is C10H14O5. The van der Waals surface area contributed by atoms with Gasteiger partial charge in [0.25, 0.3) is 0 Å². The normalized spacial score (nSPS) is 35.5. The number of cyclic esters (lactones) is 1. The lowest BCUT2D eigenvalue weighted by molar-refractivity contribution is -0.164. The molecule has 3 atom stereocenters. The minimum atomic E-state index is -0.880. The third-order valence-corrected chi connectivity index (χ3v) is 2.42. The minimum Gasteiger partial charge on any atom is -0.452 e. The highest BCUT2D eigenvalue weighted by Crippen LogP contribution is 2.26. The molecule has 0 aliphatic carbocycles. The molecule has 0 saturated carbocycles. The Morgan fingerprint density at radius 2 is 2.33 bits per heavy atom. The number of esters is 1. The van der Waals surface area contributed by atoms with Crippen LogP contribution in [-0.4, -0.2) is 41.8 Å². The zero-order valence-corrected chi connectivity index (χ0v) is 8.67. The van der Waals surface area contributed by atoms with E-state index in [1.807, 2.05) is 0 Å². The molecule has 15 heavy (non-hydrogen) atoms. The zero-order valence-electron chi connectivity index (χ0n) is 8.67. The largest absolute Gasteiger partial charge is 0.452 e. The van der Waals surface area contributed by atoms with Gasteiger partial charge < -0.3 is 19.3 Å². The molecule has 1 fully saturated rings. The monoisotopic (exact) mass is 214 g/mol. The van der Waals surface area contributed by atoms with Crippen molar-refractivity contribution in [2.75, 3.05) is 6.61 Å². The molecule has 0 bridgehead atoms. The molecular weight excluding hydrogens is 200 g/mol. The van der Waals surface area contributed by atoms with E-state index < -0.39 is 30.1 Å². The first-order valence-corrected chi connectivity index (χ1v) is 4.87. The lowest BCUT2D eigenvalue weighted by atomic mass is 10.1. The third-order valence-electron chi connectivity index (χ3n) is 2.42. The highest BCUT2D eigenvalue weighted by molar-refractivity contribution is 5.84. The fourth-order valence-electron chi connectivity index (χ4n) is 1.66. The fraction of sp³-hybridized carbons (Fsp3) is 0.700. The van der Waals surface area contributed by atoms with Crippen LogP contribution in [0.1, 0.15) is 13.8 Å². The summed E-state index contributed by atoms with van der Waals surface area (Å²) < 4.78 is 15.6. The van der Waals surface area contributed by atoms with Crippen LogP contribution in [0.15, 0.2) is 12.2 Å². The molecule has 0 aromatic heterocycles. The number of ether oxygens (including phenoxy) is 3. The van der Waals surface area contributed by atoms with Gasteiger partial charge in [0.1, 0.15) is 18.3 Å². The number of rotatable bonds is 2. The van der Waals surface area contributed by atoms with Gasteiger partial charge in [0.05, 0.1) is 6.61 Å². The Hall–Kier alpha value is -0.910. The molecule has 5 nitrogen and oxygen atoms in total. The molecule has 0 spiro atoms. The van der Waals surface area contributed by atoms with Gasteiger partial charge >= 0.3 is 5.97 Å². The summed E-state index contributed by atoms with van der Waals surface area (Å²) in [6.07, 6.45) is 0.867. The van der Waals surface area contributed by atoms with Crippen molar-refractivity contribution < 1.29 is 24.1 Å². The molecule has 0 aromatic carbocycles. The fourth-order valence-corrected chi connectivity index (χ4v) is 1.66. The number of aliphatic hydroxyl groups excluding tert-OH is 1. The maximum absolute atomic E-state index is 10.8. The van der Waals surface area contributed by atoms with Gasteiger partial charge in [-0.3, -0.25) is 0 Å². The SMILES string of the molecule is CC1(C)OC[C@@H]([C@H](O)[C@@H]2C=CC(=O)O2)O1. The summed E-state index contributed by atoms with van der Waals surface area (Å²) in [5, 5.41) is 9.87. The van der Waals surface area contributed by atoms with Crippen LogP contribution in [0.5, 0.6) is 0 Å². The van der Waals surface area contributed by atoms with E-state index in [1.165, 1.54) is 12.2 Å². The standard InChI is InChI=1S/C10H14O5/c1-10(2)13-5-7(15-10)9(12)6-3-4-8(11)14-6/h3-4,6-7,9,12H,5H2,1-2H3/t6-,7-,9+/m0/s1. The van der Waals surface area contributed by atoms with Crippen LogP contribution < -0.4 is 0 Å². The van der Waals surface area contributed by atoms with Crippen LogP contribution in [0.25, 0.3) is 0 Å². The van der Waals surface area contributed by atoms with Gasteiger partial charge in [-0.25, -0.2) is 4.79 Å². The number of hydrogen-bond donors (Lipinski definition) is 1. The lowest BCUT2D eigenvalue weighted by Crippen LogP contribution is -2.39. The van der Waals surface area contributed by atoms with E-state index in [2.05, 4.69) is 0 Å². The molecule has 2 rings (SSSR count). The highest BCUT2D eigenvalue weighted by Gasteiger charge is 2.41. The molecule has 2 heterocycles. The summed E-state index contributed by atoms with van der Waals surface area (Å²) in [7, 11) is 0. The summed E-state index contributed by atoms with van der Waals surface area (Å²) in [5.74, 6) is -1.12. The molecule has 1 saturated heterocycles. The quantitative estimate of drug-likeness (QED) is 0.654. The average molecular weight is 214 g/mol. The molecule has 2 aliphatic rings. The van der Waals surface area contributed by atoms with Crippen LogP contribution in [0.2, 0.25) is 0 Å². The average Bonchev–Trinajstić information content (AvgIpc) is 2.71. The van der Waals surface area contributed by atoms with E-state index >= 15 is 0 Å². The van der Waals surface area contributed by atoms with Crippen molar-refractivity contribution in [3.8, 4) is 0 Å². The Morgan fingerprint density at radius 1 is 1.60 bits per heavy atom. The van der Waals surface area contributed by atoms with Crippen molar-refractivity contribution in [2.45, 2.75) is 37.9 Å². The number of aliphatic hydroxyl groups is 1. The van der Waals surface area contributed by atoms with E-state index in [9.17, 15) is 9.90 Å². The van der Waals surface area contributed by atoms with E-state index in [0.29, 0.717) is 6.61 Å². The van der Waals surface area contributed by atoms with Crippen LogP contribution >= 0.6 is 0 Å². The zero-order chi connectivity index (χ0) is 11.1. The highest BCUT2D eigenvalue weighted by atomic mass is 16.7. The second-order valence-electron chi connectivity index (χ2n) is 4.12. The van der Waals surface area contributed by atoms with Gasteiger partial charge in [-0.05, 0) is 19.9 Å². The molecule has 84 valence electrons. The maximum atomic E-state index is 10.8. The summed E-state index contributed by atoms with van der Waals surface area (Å²) in [6, 6.07) is 0. The van der Waals surface area contributed by atoms with Crippen LogP contribution in [0, 0.1) is 0 Å². The first kappa shape index (κ1) is 10.6. The number of carbonyl (C=O) groups excluding carboxylic acids is 1. The topological polar surface area (TPSA) is 65.0 Å². The molecule has 0 unspecified atom stereocenters. The maximum Gasteiger partial charge on any atom is 0.331 e. The molecule has 0 aromatic rings. The predicted octanol–water partition coefficient (Wildman–Crippen LogP) is -0.0196. The predicted molar refractivity (Wildman–Crippen MR) is 49.9 cm³/mol. The Bertz CT molecular complexity index is 296. The minimum absolute atomic E-state index is 0.302. The molecule has 1 N–H and O–H groups in total. The van der Waals surface area contributed by atoms with Gasteiger partial charge in [-0.2, -0.15) is 0 Å². The summed E-state index contributed by atoms with van der Waals surface area (Å²) in [6.45, 7) is 3.85. The lowest BCUT2D eigenvalue weighted by Gasteiger charge is -2.23. The smallest absolute Gasteiger partial charge is 0.331 e. The van der Waals surface area contributed by atoms with Crippen molar-refractivity contribution in [2.24, 2.45) is 0 Å². The summed E-state index contributed by atoms with van der Waals surface area (Å²) in [5.41, 5.74) is 0. The Balaban J connectivity index is 1.95. The van der Waals surface area contributed by atoms with E-state index in [1.54, 1.807) is 13.8 Å². The van der Waals surface area contributed by atoms with Gasteiger partial charge in [0.15, 0.2) is 5.79 Å². The van der Waals surface area contributed by atoms with Crippen molar-refractivity contribution in [3.63, 3.8) is 0 Å². The number of hydrogen-bond acceptors (Lipinski definition) is 5. The van der Waals surface area contributed by atoms with E-state index in [0.717, 1.165) is 0 Å². The first-order valence-electron chi connectivity index (χ1n) is 4.87. The second kappa shape index (κ2) is 3.59. The van der Waals surface area contributed by atoms with Crippen molar-refractivity contribution >= 4 is 5.97 Å². The summed E-state index contributed by atoms with van der Waals surface area (Å²) in [4.78, 5) is 10.8. The van der Waals surface area contributed by atoms with E-state index in [4.69, 9.17) is 14.2 Å². The van der Waals surface area contributed by atoms with Crippen molar-refractivity contribution in [3.05, 3.63) is 12.2 Å². The van der Waals surface area contributed by atoms with E-state index in [-0.39, 0.29) is 0 Å². The van der Waals surface area contributed by atoms with Gasteiger partial charge in [-0.15, -0.1) is 0 Å². The van der Waals surface area contributed by atoms with Gasteiger partial charge in [0.2, 0.25) is 0 Å². The Morgan fingerprint density at radius 3 is 2.80 bits per heavy atom.